The predicted octanol–water partition coefficient (Wildman–Crippen LogP) is 6.14. The lowest BCUT2D eigenvalue weighted by molar-refractivity contribution is 0.0563. The summed E-state index contributed by atoms with van der Waals surface area (Å²) in [7, 11) is 0. The summed E-state index contributed by atoms with van der Waals surface area (Å²) in [6, 6.07) is 23.0. The van der Waals surface area contributed by atoms with Gasteiger partial charge in [-0.15, -0.1) is 6.58 Å². The van der Waals surface area contributed by atoms with Gasteiger partial charge in [-0.1, -0.05) is 6.08 Å². The van der Waals surface area contributed by atoms with E-state index in [-0.39, 0.29) is 12.0 Å². The fourth-order valence-corrected chi connectivity index (χ4v) is 5.16. The smallest absolute Gasteiger partial charge is 0.360 e. The topological polar surface area (TPSA) is 102 Å². The Morgan fingerprint density at radius 1 is 0.929 bits per heavy atom. The van der Waals surface area contributed by atoms with Crippen LogP contribution in [0.2, 0.25) is 0 Å². The van der Waals surface area contributed by atoms with Crippen LogP contribution >= 0.6 is 0 Å². The summed E-state index contributed by atoms with van der Waals surface area (Å²) < 4.78 is 7.81. The van der Waals surface area contributed by atoms with Gasteiger partial charge < -0.3 is 19.5 Å². The molecule has 0 spiro atoms. The summed E-state index contributed by atoms with van der Waals surface area (Å²) in [4.78, 5) is 31.0. The van der Waals surface area contributed by atoms with E-state index < -0.39 is 5.91 Å². The van der Waals surface area contributed by atoms with Crippen LogP contribution in [0.3, 0.4) is 0 Å². The van der Waals surface area contributed by atoms with Gasteiger partial charge in [-0.3, -0.25) is 9.59 Å². The van der Waals surface area contributed by atoms with Crippen molar-refractivity contribution in [3.05, 3.63) is 103 Å². The highest BCUT2D eigenvalue weighted by atomic mass is 16.5. The average Bonchev–Trinajstić information content (AvgIpc) is 3.75. The van der Waals surface area contributed by atoms with Crippen LogP contribution in [-0.4, -0.2) is 48.2 Å². The normalized spacial score (nSPS) is 15.2. The van der Waals surface area contributed by atoms with Gasteiger partial charge in [-0.05, 0) is 98.5 Å². The molecular formula is C33H33N6O3+. The van der Waals surface area contributed by atoms with Crippen LogP contribution in [0, 0.1) is 0 Å². The van der Waals surface area contributed by atoms with Crippen molar-refractivity contribution in [2.75, 3.05) is 24.6 Å². The Kier molecular flexibility index (Phi) is 8.03. The molecule has 212 valence electrons. The maximum atomic E-state index is 12.6. The number of nitrogens with one attached hydrogen (secondary N) is 1. The minimum Gasteiger partial charge on any atom is -0.374 e. The molecule has 1 aliphatic carbocycles. The lowest BCUT2D eigenvalue weighted by Crippen LogP contribution is -2.37. The van der Waals surface area contributed by atoms with Crippen molar-refractivity contribution >= 4 is 34.1 Å². The van der Waals surface area contributed by atoms with Crippen molar-refractivity contribution in [3.8, 4) is 5.69 Å². The van der Waals surface area contributed by atoms with E-state index in [1.807, 2.05) is 66.9 Å². The van der Waals surface area contributed by atoms with Crippen LogP contribution in [0.4, 0.5) is 11.4 Å². The minimum atomic E-state index is -0.441. The van der Waals surface area contributed by atoms with Crippen molar-refractivity contribution in [1.82, 2.24) is 14.8 Å². The van der Waals surface area contributed by atoms with Gasteiger partial charge in [0.15, 0.2) is 10.8 Å². The number of carbonyl (C=O) groups is 2. The van der Waals surface area contributed by atoms with Gasteiger partial charge in [-0.25, -0.2) is 0 Å². The van der Waals surface area contributed by atoms with Gasteiger partial charge in [0.2, 0.25) is 10.0 Å². The van der Waals surface area contributed by atoms with Crippen molar-refractivity contribution < 1.29 is 14.3 Å². The van der Waals surface area contributed by atoms with Gasteiger partial charge in [0.25, 0.3) is 5.91 Å². The van der Waals surface area contributed by atoms with Crippen LogP contribution in [0.1, 0.15) is 46.4 Å². The van der Waals surface area contributed by atoms with Gasteiger partial charge in [0.05, 0.1) is 18.2 Å². The molecule has 0 bridgehead atoms. The van der Waals surface area contributed by atoms with Gasteiger partial charge in [0.1, 0.15) is 0 Å². The quantitative estimate of drug-likeness (QED) is 0.151. The third-order valence-corrected chi connectivity index (χ3v) is 7.66. The zero-order chi connectivity index (χ0) is 28.9. The molecule has 9 nitrogen and oxygen atoms in total. The van der Waals surface area contributed by atoms with E-state index in [4.69, 9.17) is 4.74 Å². The molecule has 0 radical (unpaired) electrons. The summed E-state index contributed by atoms with van der Waals surface area (Å²) in [6.07, 6.45) is 8.09. The summed E-state index contributed by atoms with van der Waals surface area (Å²) >= 11 is 0. The van der Waals surface area contributed by atoms with Gasteiger partial charge in [0, 0.05) is 53.2 Å². The molecule has 2 aliphatic rings. The number of piperidine rings is 1. The highest BCUT2D eigenvalue weighted by Crippen LogP contribution is 2.26. The van der Waals surface area contributed by atoms with Gasteiger partial charge >= 0.3 is 5.91 Å². The molecule has 2 heterocycles. The van der Waals surface area contributed by atoms with Crippen LogP contribution in [0.25, 0.3) is 16.6 Å². The first-order valence-electron chi connectivity index (χ1n) is 14.3. The Morgan fingerprint density at radius 3 is 2.36 bits per heavy atom. The fourth-order valence-electron chi connectivity index (χ4n) is 5.16. The molecule has 6 rings (SSSR count). The standard InChI is InChI=1S/C33H32N6O3/c1-2-21-42-30-16-18-38(19-17-30)28-10-3-24(4-11-28)33(41)36-37-35-27-9-14-31-25(22-27)15-20-39(31)29-12-5-23(6-13-29)32(40)34-26-7-8-26/h2-6,9-15,20,22,26,30H,1,7-8,16-19,21H2/p+1. The van der Waals surface area contributed by atoms with Crippen molar-refractivity contribution in [3.63, 3.8) is 0 Å². The van der Waals surface area contributed by atoms with Crippen molar-refractivity contribution in [2.45, 2.75) is 37.8 Å². The summed E-state index contributed by atoms with van der Waals surface area (Å²) in [5.74, 6) is -0.470. The molecule has 1 saturated carbocycles. The Bertz CT molecular complexity index is 1660. The number of fused-ring (bicyclic) bond motifs is 1. The SMILES string of the molecule is C=CCOC1CCN(c2ccc(C(=O)N=[N+]=Nc3ccc4c(ccn4-c4ccc(C(=O)NC5CC5)cc4)c3)cc2)CC1. The van der Waals surface area contributed by atoms with Crippen LogP contribution < -0.4 is 15.1 Å². The van der Waals surface area contributed by atoms with Gasteiger partial charge in [-0.2, -0.15) is 0 Å². The molecule has 3 aromatic carbocycles. The third kappa shape index (κ3) is 6.38. The van der Waals surface area contributed by atoms with E-state index in [0.29, 0.717) is 29.5 Å². The Morgan fingerprint density at radius 2 is 1.64 bits per heavy atom. The summed E-state index contributed by atoms with van der Waals surface area (Å²) in [5, 5.41) is 11.9. The first-order valence-corrected chi connectivity index (χ1v) is 14.3. The minimum absolute atomic E-state index is 0.0287. The second-order valence-corrected chi connectivity index (χ2v) is 10.7. The molecule has 42 heavy (non-hydrogen) atoms. The molecule has 1 saturated heterocycles. The molecular weight excluding hydrogens is 528 g/mol. The van der Waals surface area contributed by atoms with Crippen molar-refractivity contribution in [1.29, 1.82) is 0 Å². The number of carbonyl (C=O) groups excluding carboxylic acids is 2. The molecule has 0 atom stereocenters. The number of amides is 2. The van der Waals surface area contributed by atoms with Crippen LogP contribution in [0.5, 0.6) is 0 Å². The maximum Gasteiger partial charge on any atom is 0.360 e. The predicted molar refractivity (Wildman–Crippen MR) is 163 cm³/mol. The molecule has 1 aromatic heterocycles. The van der Waals surface area contributed by atoms with E-state index in [1.165, 1.54) is 0 Å². The van der Waals surface area contributed by atoms with Crippen LogP contribution in [0.15, 0.2) is 102 Å². The first-order chi connectivity index (χ1) is 20.6. The lowest BCUT2D eigenvalue weighted by atomic mass is 10.1. The Hall–Kier alpha value is -4.85. The van der Waals surface area contributed by atoms with E-state index in [2.05, 4.69) is 36.5 Å². The maximum absolute atomic E-state index is 12.6. The number of aromatic nitrogens is 1. The zero-order valence-electron chi connectivity index (χ0n) is 23.4. The summed E-state index contributed by atoms with van der Waals surface area (Å²) in [6.45, 7) is 6.11. The fraction of sp³-hybridized carbons (Fsp3) is 0.273. The number of hydrogen-bond donors (Lipinski definition) is 1. The van der Waals surface area contributed by atoms with Crippen molar-refractivity contribution in [2.24, 2.45) is 10.2 Å². The monoisotopic (exact) mass is 561 g/mol. The van der Waals surface area contributed by atoms with E-state index in [0.717, 1.165) is 61.1 Å². The number of ether oxygens (including phenoxy) is 1. The van der Waals surface area contributed by atoms with E-state index >= 15 is 0 Å². The highest BCUT2D eigenvalue weighted by Gasteiger charge is 2.24. The van der Waals surface area contributed by atoms with Crippen LogP contribution in [-0.2, 0) is 4.74 Å². The third-order valence-electron chi connectivity index (χ3n) is 7.66. The number of anilines is 1. The zero-order valence-corrected chi connectivity index (χ0v) is 23.4. The largest absolute Gasteiger partial charge is 0.374 e. The second-order valence-electron chi connectivity index (χ2n) is 10.7. The van der Waals surface area contributed by atoms with E-state index in [9.17, 15) is 9.59 Å². The molecule has 9 heteroatoms. The molecule has 2 fully saturated rings. The Balaban J connectivity index is 1.07. The number of benzene rings is 3. The lowest BCUT2D eigenvalue weighted by Gasteiger charge is -2.33. The first kappa shape index (κ1) is 27.3. The molecule has 2 amide bonds. The molecule has 4 aromatic rings. The molecule has 1 N–H and O–H groups in total. The average molecular weight is 562 g/mol. The number of rotatable bonds is 9. The number of nitrogens with zero attached hydrogens (tertiary/aromatic N) is 5. The Labute approximate surface area is 244 Å². The highest BCUT2D eigenvalue weighted by molar-refractivity contribution is 5.95. The van der Waals surface area contributed by atoms with E-state index in [1.54, 1.807) is 18.2 Å². The number of hydrogen-bond acceptors (Lipinski definition) is 5. The second kappa shape index (κ2) is 12.3. The summed E-state index contributed by atoms with van der Waals surface area (Å²) in [5.41, 5.74) is 4.74. The molecule has 1 aliphatic heterocycles. The molecule has 0 unspecified atom stereocenters.